The van der Waals surface area contributed by atoms with E-state index < -0.39 is 15.9 Å². The molecule has 0 aliphatic carbocycles. The Morgan fingerprint density at radius 3 is 2.87 bits per heavy atom. The summed E-state index contributed by atoms with van der Waals surface area (Å²) in [5.41, 5.74) is 0.810. The van der Waals surface area contributed by atoms with Crippen LogP contribution in [0.5, 0.6) is 0 Å². The molecule has 2 aromatic heterocycles. The van der Waals surface area contributed by atoms with Gasteiger partial charge < -0.3 is 9.64 Å². The van der Waals surface area contributed by atoms with Gasteiger partial charge in [-0.2, -0.15) is 10.2 Å². The molecule has 0 aromatic carbocycles. The van der Waals surface area contributed by atoms with Crippen molar-refractivity contribution in [2.45, 2.75) is 10.9 Å². The van der Waals surface area contributed by atoms with E-state index in [9.17, 15) is 13.2 Å². The van der Waals surface area contributed by atoms with Crippen molar-refractivity contribution in [2.24, 2.45) is 7.05 Å². The minimum atomic E-state index is -3.45. The highest BCUT2D eigenvalue weighted by molar-refractivity contribution is 7.90. The zero-order valence-corrected chi connectivity index (χ0v) is 13.6. The number of aromatic amines is 1. The summed E-state index contributed by atoms with van der Waals surface area (Å²) in [7, 11) is -1.73. The van der Waals surface area contributed by atoms with Gasteiger partial charge in [0.25, 0.3) is 5.91 Å². The average Bonchev–Trinajstić information content (AvgIpc) is 3.14. The maximum Gasteiger partial charge on any atom is 0.257 e. The molecule has 1 fully saturated rings. The van der Waals surface area contributed by atoms with E-state index in [-0.39, 0.29) is 17.4 Å². The lowest BCUT2D eigenvalue weighted by Gasteiger charge is -2.35. The number of morpholine rings is 1. The van der Waals surface area contributed by atoms with Crippen molar-refractivity contribution in [1.29, 1.82) is 0 Å². The second-order valence-electron chi connectivity index (χ2n) is 5.41. The number of nitrogens with one attached hydrogen (secondary N) is 1. The van der Waals surface area contributed by atoms with Crippen molar-refractivity contribution in [1.82, 2.24) is 24.9 Å². The maximum atomic E-state index is 12.7. The van der Waals surface area contributed by atoms with Crippen molar-refractivity contribution < 1.29 is 17.9 Å². The Hall–Kier alpha value is -2.20. The molecule has 0 saturated carbocycles. The number of H-pyrrole nitrogens is 1. The SMILES string of the molecule is Cn1cc(C(=O)N2CCOC[C@H]2c2[nH]ncc2S(C)(=O)=O)cn1. The summed E-state index contributed by atoms with van der Waals surface area (Å²) in [6.07, 6.45) is 5.48. The summed E-state index contributed by atoms with van der Waals surface area (Å²) in [6, 6.07) is -0.538. The van der Waals surface area contributed by atoms with Gasteiger partial charge in [-0.25, -0.2) is 8.42 Å². The molecule has 23 heavy (non-hydrogen) atoms. The van der Waals surface area contributed by atoms with Gasteiger partial charge >= 0.3 is 0 Å². The molecule has 1 saturated heterocycles. The largest absolute Gasteiger partial charge is 0.377 e. The van der Waals surface area contributed by atoms with E-state index in [1.54, 1.807) is 22.8 Å². The molecule has 124 valence electrons. The second kappa shape index (κ2) is 5.78. The van der Waals surface area contributed by atoms with Crippen LogP contribution in [0.2, 0.25) is 0 Å². The van der Waals surface area contributed by atoms with Gasteiger partial charge in [0.05, 0.1) is 42.9 Å². The Morgan fingerprint density at radius 2 is 2.22 bits per heavy atom. The summed E-state index contributed by atoms with van der Waals surface area (Å²) >= 11 is 0. The van der Waals surface area contributed by atoms with Crippen LogP contribution in [0.15, 0.2) is 23.5 Å². The fraction of sp³-hybridized carbons (Fsp3) is 0.462. The molecular weight excluding hydrogens is 322 g/mol. The molecule has 10 heteroatoms. The van der Waals surface area contributed by atoms with Crippen LogP contribution in [0.3, 0.4) is 0 Å². The molecule has 3 rings (SSSR count). The Labute approximate surface area is 133 Å². The number of rotatable bonds is 3. The van der Waals surface area contributed by atoms with E-state index in [2.05, 4.69) is 15.3 Å². The summed E-state index contributed by atoms with van der Waals surface area (Å²) in [5.74, 6) is -0.222. The predicted octanol–water partition coefficient (Wildman–Crippen LogP) is -0.240. The molecule has 0 radical (unpaired) electrons. The Morgan fingerprint density at radius 1 is 1.43 bits per heavy atom. The molecule has 0 unspecified atom stereocenters. The van der Waals surface area contributed by atoms with Gasteiger partial charge in [0.2, 0.25) is 0 Å². The molecule has 2 aromatic rings. The van der Waals surface area contributed by atoms with E-state index in [4.69, 9.17) is 4.74 Å². The first kappa shape index (κ1) is 15.7. The maximum absolute atomic E-state index is 12.7. The summed E-state index contributed by atoms with van der Waals surface area (Å²) in [5, 5.41) is 10.5. The molecule has 0 spiro atoms. The topological polar surface area (TPSA) is 110 Å². The highest BCUT2D eigenvalue weighted by Crippen LogP contribution is 2.29. The van der Waals surface area contributed by atoms with E-state index in [1.165, 1.54) is 12.4 Å². The average molecular weight is 339 g/mol. The van der Waals surface area contributed by atoms with Crippen LogP contribution in [-0.4, -0.2) is 65.2 Å². The number of aryl methyl sites for hydroxylation is 1. The molecule has 0 bridgehead atoms. The van der Waals surface area contributed by atoms with Crippen LogP contribution in [0, 0.1) is 0 Å². The minimum absolute atomic E-state index is 0.0805. The first-order valence-electron chi connectivity index (χ1n) is 6.98. The number of carbonyl (C=O) groups is 1. The monoisotopic (exact) mass is 339 g/mol. The van der Waals surface area contributed by atoms with Gasteiger partial charge in [0.1, 0.15) is 4.90 Å². The van der Waals surface area contributed by atoms with Gasteiger partial charge in [-0.1, -0.05) is 0 Å². The van der Waals surface area contributed by atoms with Crippen molar-refractivity contribution in [3.63, 3.8) is 0 Å². The van der Waals surface area contributed by atoms with Crippen molar-refractivity contribution >= 4 is 15.7 Å². The number of sulfone groups is 1. The van der Waals surface area contributed by atoms with Crippen LogP contribution in [0.1, 0.15) is 22.1 Å². The molecule has 1 amide bonds. The number of hydrogen-bond acceptors (Lipinski definition) is 6. The van der Waals surface area contributed by atoms with Crippen molar-refractivity contribution in [2.75, 3.05) is 26.0 Å². The molecule has 3 heterocycles. The van der Waals surface area contributed by atoms with Crippen molar-refractivity contribution in [3.8, 4) is 0 Å². The zero-order valence-electron chi connectivity index (χ0n) is 12.8. The highest BCUT2D eigenvalue weighted by atomic mass is 32.2. The normalized spacial score (nSPS) is 19.0. The van der Waals surface area contributed by atoms with Gasteiger partial charge in [-0.3, -0.25) is 14.6 Å². The van der Waals surface area contributed by atoms with E-state index in [0.29, 0.717) is 24.4 Å². The van der Waals surface area contributed by atoms with E-state index in [1.807, 2.05) is 0 Å². The number of nitrogens with zero attached hydrogens (tertiary/aromatic N) is 4. The molecule has 9 nitrogen and oxygen atoms in total. The van der Waals surface area contributed by atoms with Gasteiger partial charge in [0, 0.05) is 26.0 Å². The minimum Gasteiger partial charge on any atom is -0.377 e. The number of carbonyl (C=O) groups excluding carboxylic acids is 1. The Kier molecular flexibility index (Phi) is 3.94. The molecule has 1 aliphatic heterocycles. The molecule has 1 aliphatic rings. The highest BCUT2D eigenvalue weighted by Gasteiger charge is 2.34. The fourth-order valence-corrected chi connectivity index (χ4v) is 3.43. The number of hydrogen-bond donors (Lipinski definition) is 1. The number of ether oxygens (including phenoxy) is 1. The lowest BCUT2D eigenvalue weighted by atomic mass is 10.1. The second-order valence-corrected chi connectivity index (χ2v) is 7.40. The predicted molar refractivity (Wildman–Crippen MR) is 79.5 cm³/mol. The summed E-state index contributed by atoms with van der Waals surface area (Å²) < 4.78 is 30.8. The molecule has 1 N–H and O–H groups in total. The first-order chi connectivity index (χ1) is 10.9. The van der Waals surface area contributed by atoms with Gasteiger partial charge in [0.15, 0.2) is 9.84 Å². The number of aromatic nitrogens is 4. The summed E-state index contributed by atoms with van der Waals surface area (Å²) in [4.78, 5) is 14.4. The van der Waals surface area contributed by atoms with Crippen LogP contribution in [0.25, 0.3) is 0 Å². The Balaban J connectivity index is 1.97. The van der Waals surface area contributed by atoms with Crippen LogP contribution < -0.4 is 0 Å². The zero-order chi connectivity index (χ0) is 16.6. The summed E-state index contributed by atoms with van der Waals surface area (Å²) in [6.45, 7) is 0.960. The van der Waals surface area contributed by atoms with Crippen LogP contribution >= 0.6 is 0 Å². The fourth-order valence-electron chi connectivity index (χ4n) is 2.60. The van der Waals surface area contributed by atoms with E-state index in [0.717, 1.165) is 6.26 Å². The van der Waals surface area contributed by atoms with E-state index >= 15 is 0 Å². The van der Waals surface area contributed by atoms with Gasteiger partial charge in [-0.05, 0) is 0 Å². The molecule has 1 atom stereocenters. The van der Waals surface area contributed by atoms with Crippen LogP contribution in [0.4, 0.5) is 0 Å². The lowest BCUT2D eigenvalue weighted by molar-refractivity contribution is -0.00468. The third-order valence-corrected chi connectivity index (χ3v) is 4.83. The van der Waals surface area contributed by atoms with Gasteiger partial charge in [-0.15, -0.1) is 0 Å². The Bertz CT molecular complexity index is 825. The third kappa shape index (κ3) is 2.99. The van der Waals surface area contributed by atoms with Crippen molar-refractivity contribution in [3.05, 3.63) is 29.8 Å². The first-order valence-corrected chi connectivity index (χ1v) is 8.87. The standard InChI is InChI=1S/C13H17N5O4S/c1-17-7-9(5-15-17)13(19)18-3-4-22-8-10(18)12-11(6-14-16-12)23(2,20)21/h5-7,10H,3-4,8H2,1-2H3,(H,14,16)/t10-/m0/s1. The quantitative estimate of drug-likeness (QED) is 0.826. The third-order valence-electron chi connectivity index (χ3n) is 3.71. The smallest absolute Gasteiger partial charge is 0.257 e. The number of amides is 1. The molecular formula is C13H17N5O4S. The van der Waals surface area contributed by atoms with Crippen LogP contribution in [-0.2, 0) is 21.6 Å². The lowest BCUT2D eigenvalue weighted by Crippen LogP contribution is -2.43.